The molecule has 0 fully saturated rings. The number of aromatic amines is 1. The van der Waals surface area contributed by atoms with E-state index >= 15 is 0 Å². The van der Waals surface area contributed by atoms with E-state index in [-0.39, 0.29) is 0 Å². The molecule has 0 bridgehead atoms. The molecule has 0 aliphatic rings. The van der Waals surface area contributed by atoms with E-state index in [4.69, 9.17) is 5.11 Å². The number of carbonyl (C=O) groups is 2. The average molecular weight is 241 g/mol. The molecule has 94 valence electrons. The van der Waals surface area contributed by atoms with Crippen LogP contribution in [-0.2, 0) is 11.2 Å². The van der Waals surface area contributed by atoms with E-state index in [2.05, 4.69) is 20.5 Å². The lowest BCUT2D eigenvalue weighted by Gasteiger charge is -2.21. The Balaban J connectivity index is 2.32. The molecule has 0 saturated carbocycles. The van der Waals surface area contributed by atoms with E-state index in [1.807, 2.05) is 0 Å². The van der Waals surface area contributed by atoms with Crippen molar-refractivity contribution in [1.29, 1.82) is 0 Å². The summed E-state index contributed by atoms with van der Waals surface area (Å²) in [5.41, 5.74) is 0. The first-order chi connectivity index (χ1) is 8.02. The minimum atomic E-state index is -1.04. The minimum Gasteiger partial charge on any atom is -0.480 e. The number of hydrogen-bond acceptors (Lipinski definition) is 4. The van der Waals surface area contributed by atoms with Crippen molar-refractivity contribution in [3.05, 3.63) is 12.2 Å². The number of urea groups is 1. The van der Waals surface area contributed by atoms with E-state index < -0.39 is 18.0 Å². The Morgan fingerprint density at radius 1 is 1.65 bits per heavy atom. The highest BCUT2D eigenvalue weighted by Crippen LogP contribution is 1.96. The van der Waals surface area contributed by atoms with Crippen LogP contribution in [-0.4, -0.2) is 56.8 Å². The van der Waals surface area contributed by atoms with Crippen molar-refractivity contribution in [1.82, 2.24) is 25.4 Å². The van der Waals surface area contributed by atoms with Crippen molar-refractivity contribution in [2.24, 2.45) is 0 Å². The van der Waals surface area contributed by atoms with Crippen LogP contribution in [0.5, 0.6) is 0 Å². The molecule has 0 radical (unpaired) electrons. The highest BCUT2D eigenvalue weighted by molar-refractivity contribution is 5.82. The van der Waals surface area contributed by atoms with Gasteiger partial charge in [0.1, 0.15) is 18.2 Å². The first-order valence-electron chi connectivity index (χ1n) is 5.10. The molecule has 1 aromatic rings. The van der Waals surface area contributed by atoms with Crippen LogP contribution in [0.3, 0.4) is 0 Å². The number of aliphatic carboxylic acids is 1. The van der Waals surface area contributed by atoms with Crippen molar-refractivity contribution in [3.63, 3.8) is 0 Å². The summed E-state index contributed by atoms with van der Waals surface area (Å²) in [5, 5.41) is 17.7. The predicted octanol–water partition coefficient (Wildman–Crippen LogP) is -0.538. The number of rotatable bonds is 5. The predicted molar refractivity (Wildman–Crippen MR) is 58.3 cm³/mol. The van der Waals surface area contributed by atoms with Gasteiger partial charge in [0.15, 0.2) is 0 Å². The second-order valence-electron chi connectivity index (χ2n) is 3.54. The van der Waals surface area contributed by atoms with Crippen molar-refractivity contribution in [2.45, 2.75) is 19.4 Å². The van der Waals surface area contributed by atoms with Crippen LogP contribution >= 0.6 is 0 Å². The molecular weight excluding hydrogens is 226 g/mol. The number of H-pyrrole nitrogens is 1. The summed E-state index contributed by atoms with van der Waals surface area (Å²) in [6.45, 7) is 1.81. The van der Waals surface area contributed by atoms with Crippen LogP contribution in [0, 0.1) is 0 Å². The molecule has 3 N–H and O–H groups in total. The smallest absolute Gasteiger partial charge is 0.326 e. The van der Waals surface area contributed by atoms with Gasteiger partial charge in [0.2, 0.25) is 0 Å². The Bertz CT molecular complexity index is 378. The number of amides is 2. The van der Waals surface area contributed by atoms with Crippen molar-refractivity contribution < 1.29 is 14.7 Å². The molecule has 8 heteroatoms. The van der Waals surface area contributed by atoms with Crippen LogP contribution in [0.1, 0.15) is 12.7 Å². The minimum absolute atomic E-state index is 0.366. The maximum Gasteiger partial charge on any atom is 0.326 e. The summed E-state index contributed by atoms with van der Waals surface area (Å²) in [6.07, 6.45) is 1.90. The summed E-state index contributed by atoms with van der Waals surface area (Å²) < 4.78 is 0. The normalized spacial score (nSPS) is 11.9. The quantitative estimate of drug-likeness (QED) is 0.641. The number of hydrogen-bond donors (Lipinski definition) is 3. The Labute approximate surface area is 98.0 Å². The lowest BCUT2D eigenvalue weighted by molar-refractivity contribution is -0.141. The van der Waals surface area contributed by atoms with Gasteiger partial charge in [-0.15, -0.1) is 0 Å². The molecule has 2 amide bonds. The van der Waals surface area contributed by atoms with Crippen molar-refractivity contribution in [3.8, 4) is 0 Å². The molecule has 1 aromatic heterocycles. The van der Waals surface area contributed by atoms with Gasteiger partial charge in [0.05, 0.1) is 0 Å². The fourth-order valence-corrected chi connectivity index (χ4v) is 1.11. The Hall–Kier alpha value is -2.12. The van der Waals surface area contributed by atoms with Crippen LogP contribution in [0.25, 0.3) is 0 Å². The highest BCUT2D eigenvalue weighted by Gasteiger charge is 2.20. The van der Waals surface area contributed by atoms with Gasteiger partial charge in [-0.2, -0.15) is 5.10 Å². The van der Waals surface area contributed by atoms with E-state index in [1.165, 1.54) is 20.3 Å². The topological polar surface area (TPSA) is 111 Å². The van der Waals surface area contributed by atoms with Gasteiger partial charge in [-0.3, -0.25) is 5.10 Å². The number of aromatic nitrogens is 3. The zero-order valence-corrected chi connectivity index (χ0v) is 9.67. The van der Waals surface area contributed by atoms with Gasteiger partial charge in [0.25, 0.3) is 0 Å². The van der Waals surface area contributed by atoms with Crippen LogP contribution < -0.4 is 5.32 Å². The van der Waals surface area contributed by atoms with Crippen LogP contribution in [0.2, 0.25) is 0 Å². The van der Waals surface area contributed by atoms with Crippen LogP contribution in [0.4, 0.5) is 4.79 Å². The molecule has 1 atom stereocenters. The zero-order valence-electron chi connectivity index (χ0n) is 9.67. The first-order valence-corrected chi connectivity index (χ1v) is 5.10. The van der Waals surface area contributed by atoms with E-state index in [1.54, 1.807) is 0 Å². The Morgan fingerprint density at radius 2 is 2.35 bits per heavy atom. The van der Waals surface area contributed by atoms with Crippen LogP contribution in [0.15, 0.2) is 6.33 Å². The van der Waals surface area contributed by atoms with Crippen molar-refractivity contribution in [2.75, 3.05) is 13.6 Å². The zero-order chi connectivity index (χ0) is 12.8. The average Bonchev–Trinajstić information content (AvgIpc) is 2.79. The Morgan fingerprint density at radius 3 is 2.88 bits per heavy atom. The second kappa shape index (κ2) is 5.83. The van der Waals surface area contributed by atoms with E-state index in [9.17, 15) is 9.59 Å². The maximum atomic E-state index is 11.5. The number of carbonyl (C=O) groups excluding carboxylic acids is 1. The summed E-state index contributed by atoms with van der Waals surface area (Å²) >= 11 is 0. The number of likely N-dealkylation sites (N-methyl/N-ethyl adjacent to an activating group) is 1. The van der Waals surface area contributed by atoms with Gasteiger partial charge in [-0.1, -0.05) is 0 Å². The number of nitrogens with zero attached hydrogens (tertiary/aromatic N) is 3. The SMILES string of the molecule is CC(C(=O)O)N(C)C(=O)NCCc1ncn[nH]1. The summed E-state index contributed by atoms with van der Waals surface area (Å²) in [6, 6.07) is -1.29. The van der Waals surface area contributed by atoms with Gasteiger partial charge in [-0.25, -0.2) is 14.6 Å². The molecule has 0 saturated heterocycles. The third-order valence-electron chi connectivity index (χ3n) is 2.36. The molecule has 0 spiro atoms. The fourth-order valence-electron chi connectivity index (χ4n) is 1.11. The van der Waals surface area contributed by atoms with Gasteiger partial charge in [-0.05, 0) is 6.92 Å². The molecular formula is C9H15N5O3. The molecule has 0 aliphatic carbocycles. The first kappa shape index (κ1) is 12.9. The van der Waals surface area contributed by atoms with Gasteiger partial charge in [0, 0.05) is 20.0 Å². The number of carboxylic acid groups (broad SMARTS) is 1. The second-order valence-corrected chi connectivity index (χ2v) is 3.54. The maximum absolute atomic E-state index is 11.5. The van der Waals surface area contributed by atoms with Crippen molar-refractivity contribution >= 4 is 12.0 Å². The monoisotopic (exact) mass is 241 g/mol. The molecule has 0 aliphatic heterocycles. The third kappa shape index (κ3) is 3.74. The largest absolute Gasteiger partial charge is 0.480 e. The molecule has 1 heterocycles. The van der Waals surface area contributed by atoms with E-state index in [0.29, 0.717) is 18.8 Å². The molecule has 8 nitrogen and oxygen atoms in total. The van der Waals surface area contributed by atoms with Gasteiger partial charge >= 0.3 is 12.0 Å². The van der Waals surface area contributed by atoms with Gasteiger partial charge < -0.3 is 15.3 Å². The lowest BCUT2D eigenvalue weighted by Crippen LogP contribution is -2.46. The standard InChI is InChI=1S/C9H15N5O3/c1-6(8(15)16)14(2)9(17)10-4-3-7-11-5-12-13-7/h5-6H,3-4H2,1-2H3,(H,10,17)(H,15,16)(H,11,12,13). The molecule has 1 rings (SSSR count). The summed E-state index contributed by atoms with van der Waals surface area (Å²) in [5.74, 6) is -0.378. The molecule has 0 aromatic carbocycles. The third-order valence-corrected chi connectivity index (χ3v) is 2.36. The number of carboxylic acids is 1. The Kier molecular flexibility index (Phi) is 4.44. The molecule has 17 heavy (non-hydrogen) atoms. The summed E-state index contributed by atoms with van der Waals surface area (Å²) in [4.78, 5) is 27.2. The lowest BCUT2D eigenvalue weighted by atomic mass is 10.3. The highest BCUT2D eigenvalue weighted by atomic mass is 16.4. The fraction of sp³-hybridized carbons (Fsp3) is 0.556. The number of nitrogens with one attached hydrogen (secondary N) is 2. The molecule has 1 unspecified atom stereocenters. The summed E-state index contributed by atoms with van der Waals surface area (Å²) in [7, 11) is 1.43. The van der Waals surface area contributed by atoms with E-state index in [0.717, 1.165) is 4.90 Å².